The first-order valence-corrected chi connectivity index (χ1v) is 21.6. The van der Waals surface area contributed by atoms with Gasteiger partial charge in [-0.15, -0.1) is 0 Å². The van der Waals surface area contributed by atoms with Gasteiger partial charge in [0.15, 0.2) is 5.82 Å². The van der Waals surface area contributed by atoms with Gasteiger partial charge in [-0.05, 0) is 101 Å². The molecule has 1 aliphatic rings. The molecule has 0 amide bonds. The van der Waals surface area contributed by atoms with E-state index in [0.717, 1.165) is 44.4 Å². The second-order valence-electron chi connectivity index (χ2n) is 16.4. The van der Waals surface area contributed by atoms with E-state index in [-0.39, 0.29) is 0 Å². The molecule has 0 spiro atoms. The van der Waals surface area contributed by atoms with Crippen LogP contribution in [0, 0.1) is 0 Å². The number of hydrogen-bond acceptors (Lipinski definition) is 2. The van der Waals surface area contributed by atoms with Crippen LogP contribution >= 0.6 is 0 Å². The van der Waals surface area contributed by atoms with Crippen molar-refractivity contribution in [2.24, 2.45) is 0 Å². The van der Waals surface area contributed by atoms with Gasteiger partial charge >= 0.3 is 0 Å². The van der Waals surface area contributed by atoms with E-state index in [1.165, 1.54) is 60.8 Å². The predicted octanol–water partition coefficient (Wildman–Crippen LogP) is 15.5. The Morgan fingerprint density at radius 3 is 1.49 bits per heavy atom. The summed E-state index contributed by atoms with van der Waals surface area (Å²) in [6.07, 6.45) is 0. The van der Waals surface area contributed by atoms with Crippen LogP contribution in [0.3, 0.4) is 0 Å². The average Bonchev–Trinajstić information content (AvgIpc) is 3.68. The van der Waals surface area contributed by atoms with Crippen molar-refractivity contribution in [3.8, 4) is 67.3 Å². The van der Waals surface area contributed by atoms with Gasteiger partial charge in [0.05, 0.1) is 16.8 Å². The first-order valence-electron chi connectivity index (χ1n) is 21.6. The molecule has 1 aliphatic carbocycles. The molecule has 294 valence electrons. The van der Waals surface area contributed by atoms with E-state index >= 15 is 0 Å². The highest BCUT2D eigenvalue weighted by atomic mass is 14.9. The highest BCUT2D eigenvalue weighted by molar-refractivity contribution is 6.06. The van der Waals surface area contributed by atoms with Crippen LogP contribution in [0.1, 0.15) is 22.3 Å². The van der Waals surface area contributed by atoms with Gasteiger partial charge in [0.1, 0.15) is 0 Å². The molecule has 0 unspecified atom stereocenters. The predicted molar refractivity (Wildman–Crippen MR) is 262 cm³/mol. The number of aromatic nitrogens is 2. The van der Waals surface area contributed by atoms with Gasteiger partial charge in [-0.2, -0.15) is 0 Å². The number of hydrogen-bond donors (Lipinski definition) is 0. The number of rotatable bonds is 7. The standard InChI is InChI=1S/C61H40N2/c1-5-18-41(19-6-1)44-23-17-24-46(38-44)58-40-57(43-21-7-2-8-22-43)62-60(63-58)55-37-36-49(51-30-15-16-31-52(51)55)45-33-34-53-54-35-32-42-20-13-14-29-50(42)59(54)61(56(53)39-45,47-25-9-3-10-26-47)48-27-11-4-12-28-48/h1-40H. The van der Waals surface area contributed by atoms with Crippen molar-refractivity contribution in [2.45, 2.75) is 5.41 Å². The molecule has 63 heavy (non-hydrogen) atoms. The molecule has 0 N–H and O–H groups in total. The highest BCUT2D eigenvalue weighted by Gasteiger charge is 2.47. The lowest BCUT2D eigenvalue weighted by Gasteiger charge is -2.35. The summed E-state index contributed by atoms with van der Waals surface area (Å²) in [6, 6.07) is 87.8. The SMILES string of the molecule is c1ccc(-c2cccc(-c3cc(-c4ccccc4)nc(-c4ccc(-c5ccc6c(c5)C(c5ccccc5)(c5ccccc5)c5c-6ccc6ccccc56)c5ccccc45)n3)c2)cc1. The topological polar surface area (TPSA) is 25.8 Å². The zero-order chi connectivity index (χ0) is 41.7. The molecule has 0 saturated heterocycles. The van der Waals surface area contributed by atoms with Crippen molar-refractivity contribution in [3.05, 3.63) is 265 Å². The molecule has 0 saturated carbocycles. The lowest BCUT2D eigenvalue weighted by atomic mass is 9.66. The molecule has 2 heteroatoms. The third kappa shape index (κ3) is 6.02. The fourth-order valence-corrected chi connectivity index (χ4v) is 10.1. The van der Waals surface area contributed by atoms with Crippen molar-refractivity contribution >= 4 is 21.5 Å². The van der Waals surface area contributed by atoms with Crippen LogP contribution in [0.2, 0.25) is 0 Å². The third-order valence-corrected chi connectivity index (χ3v) is 13.0. The minimum Gasteiger partial charge on any atom is -0.228 e. The summed E-state index contributed by atoms with van der Waals surface area (Å²) in [4.78, 5) is 10.7. The minimum atomic E-state index is -0.542. The Hall–Kier alpha value is -8.20. The van der Waals surface area contributed by atoms with Crippen LogP contribution in [0.4, 0.5) is 0 Å². The Bertz CT molecular complexity index is 3450. The van der Waals surface area contributed by atoms with Crippen molar-refractivity contribution in [3.63, 3.8) is 0 Å². The monoisotopic (exact) mass is 800 g/mol. The van der Waals surface area contributed by atoms with Gasteiger partial charge in [0.2, 0.25) is 0 Å². The third-order valence-electron chi connectivity index (χ3n) is 13.0. The molecular weight excluding hydrogens is 761 g/mol. The Kier molecular flexibility index (Phi) is 8.76. The maximum Gasteiger partial charge on any atom is 0.161 e. The minimum absolute atomic E-state index is 0.542. The van der Waals surface area contributed by atoms with E-state index < -0.39 is 5.41 Å². The molecule has 0 fully saturated rings. The van der Waals surface area contributed by atoms with E-state index in [2.05, 4.69) is 237 Å². The normalized spacial score (nSPS) is 12.6. The van der Waals surface area contributed by atoms with Crippen molar-refractivity contribution in [1.82, 2.24) is 9.97 Å². The molecule has 11 aromatic rings. The molecule has 0 aliphatic heterocycles. The van der Waals surface area contributed by atoms with Crippen LogP contribution in [0.15, 0.2) is 243 Å². The Morgan fingerprint density at radius 1 is 0.286 bits per heavy atom. The molecule has 12 rings (SSSR count). The summed E-state index contributed by atoms with van der Waals surface area (Å²) in [6.45, 7) is 0. The fraction of sp³-hybridized carbons (Fsp3) is 0.0164. The Morgan fingerprint density at radius 2 is 0.794 bits per heavy atom. The maximum absolute atomic E-state index is 5.36. The Balaban J connectivity index is 1.06. The first-order chi connectivity index (χ1) is 31.2. The van der Waals surface area contributed by atoms with Gasteiger partial charge in [-0.3, -0.25) is 0 Å². The van der Waals surface area contributed by atoms with Crippen LogP contribution in [-0.2, 0) is 5.41 Å². The first kappa shape index (κ1) is 36.6. The van der Waals surface area contributed by atoms with Crippen LogP contribution in [-0.4, -0.2) is 9.97 Å². The van der Waals surface area contributed by atoms with Crippen molar-refractivity contribution < 1.29 is 0 Å². The lowest BCUT2D eigenvalue weighted by Crippen LogP contribution is -2.28. The van der Waals surface area contributed by atoms with Crippen molar-refractivity contribution in [1.29, 1.82) is 0 Å². The number of benzene rings is 10. The molecule has 0 bridgehead atoms. The molecule has 1 heterocycles. The van der Waals surface area contributed by atoms with E-state index in [1.807, 2.05) is 6.07 Å². The van der Waals surface area contributed by atoms with Gasteiger partial charge in [-0.1, -0.05) is 218 Å². The number of nitrogens with zero attached hydrogens (tertiary/aromatic N) is 2. The van der Waals surface area contributed by atoms with Crippen molar-refractivity contribution in [2.75, 3.05) is 0 Å². The molecular formula is C61H40N2. The van der Waals surface area contributed by atoms with E-state index in [4.69, 9.17) is 9.97 Å². The van der Waals surface area contributed by atoms with Gasteiger partial charge < -0.3 is 0 Å². The van der Waals surface area contributed by atoms with E-state index in [1.54, 1.807) is 0 Å². The summed E-state index contributed by atoms with van der Waals surface area (Å²) in [5.41, 5.74) is 16.7. The van der Waals surface area contributed by atoms with Crippen LogP contribution in [0.25, 0.3) is 88.8 Å². The van der Waals surface area contributed by atoms with Gasteiger partial charge in [0, 0.05) is 16.7 Å². The summed E-state index contributed by atoms with van der Waals surface area (Å²) < 4.78 is 0. The zero-order valence-corrected chi connectivity index (χ0v) is 34.5. The quantitative estimate of drug-likeness (QED) is 0.160. The highest BCUT2D eigenvalue weighted by Crippen LogP contribution is 2.59. The Labute approximate surface area is 367 Å². The van der Waals surface area contributed by atoms with E-state index in [0.29, 0.717) is 5.82 Å². The summed E-state index contributed by atoms with van der Waals surface area (Å²) in [7, 11) is 0. The van der Waals surface area contributed by atoms with E-state index in [9.17, 15) is 0 Å². The molecule has 0 atom stereocenters. The lowest BCUT2D eigenvalue weighted by molar-refractivity contribution is 0.776. The van der Waals surface area contributed by atoms with Crippen LogP contribution < -0.4 is 0 Å². The van der Waals surface area contributed by atoms with Gasteiger partial charge in [0.25, 0.3) is 0 Å². The molecule has 2 nitrogen and oxygen atoms in total. The largest absolute Gasteiger partial charge is 0.228 e. The summed E-state index contributed by atoms with van der Waals surface area (Å²) >= 11 is 0. The average molecular weight is 801 g/mol. The maximum atomic E-state index is 5.36. The summed E-state index contributed by atoms with van der Waals surface area (Å²) in [5, 5.41) is 4.78. The second kappa shape index (κ2) is 15.1. The summed E-state index contributed by atoms with van der Waals surface area (Å²) in [5.74, 6) is 0.697. The van der Waals surface area contributed by atoms with Gasteiger partial charge in [-0.25, -0.2) is 9.97 Å². The number of fused-ring (bicyclic) bond motifs is 6. The molecule has 1 aromatic heterocycles. The van der Waals surface area contributed by atoms with Crippen LogP contribution in [0.5, 0.6) is 0 Å². The molecule has 10 aromatic carbocycles. The fourth-order valence-electron chi connectivity index (χ4n) is 10.1. The molecule has 0 radical (unpaired) electrons. The smallest absolute Gasteiger partial charge is 0.161 e. The second-order valence-corrected chi connectivity index (χ2v) is 16.4. The zero-order valence-electron chi connectivity index (χ0n) is 34.5.